The van der Waals surface area contributed by atoms with Crippen LogP contribution in [-0.4, -0.2) is 24.0 Å². The maximum Gasteiger partial charge on any atom is 0.163 e. The van der Waals surface area contributed by atoms with E-state index in [0.29, 0.717) is 5.56 Å². The van der Waals surface area contributed by atoms with Crippen molar-refractivity contribution in [2.45, 2.75) is 20.8 Å². The standard InChI is InChI=1S/C12H17NO2/c1-4-13(5-2)10-6-7-11(9(3)14)12(15)8-10/h6-8,15H,4-5H2,1-3H3. The number of benzene rings is 1. The molecular weight excluding hydrogens is 190 g/mol. The molecule has 15 heavy (non-hydrogen) atoms. The molecule has 0 fully saturated rings. The SMILES string of the molecule is CCN(CC)c1ccc(C(C)=O)c(O)c1. The second-order valence-electron chi connectivity index (χ2n) is 3.43. The van der Waals surface area contributed by atoms with Crippen LogP contribution in [0.25, 0.3) is 0 Å². The molecule has 0 heterocycles. The molecule has 82 valence electrons. The van der Waals surface area contributed by atoms with E-state index in [2.05, 4.69) is 18.7 Å². The van der Waals surface area contributed by atoms with Gasteiger partial charge in [-0.25, -0.2) is 0 Å². The molecule has 0 spiro atoms. The van der Waals surface area contributed by atoms with E-state index in [-0.39, 0.29) is 11.5 Å². The van der Waals surface area contributed by atoms with Crippen LogP contribution in [0.4, 0.5) is 5.69 Å². The molecule has 0 radical (unpaired) electrons. The number of aromatic hydroxyl groups is 1. The molecule has 0 aliphatic rings. The molecule has 1 rings (SSSR count). The molecule has 0 saturated heterocycles. The number of nitrogens with zero attached hydrogens (tertiary/aromatic N) is 1. The lowest BCUT2D eigenvalue weighted by molar-refractivity contribution is 0.101. The summed E-state index contributed by atoms with van der Waals surface area (Å²) in [5.41, 5.74) is 1.33. The van der Waals surface area contributed by atoms with Gasteiger partial charge in [0.25, 0.3) is 0 Å². The predicted molar refractivity (Wildman–Crippen MR) is 61.7 cm³/mol. The summed E-state index contributed by atoms with van der Waals surface area (Å²) in [4.78, 5) is 13.2. The molecule has 0 aromatic heterocycles. The molecular formula is C12H17NO2. The molecule has 0 saturated carbocycles. The van der Waals surface area contributed by atoms with Crippen molar-refractivity contribution in [2.75, 3.05) is 18.0 Å². The van der Waals surface area contributed by atoms with Crippen LogP contribution in [0, 0.1) is 0 Å². The van der Waals surface area contributed by atoms with Crippen LogP contribution in [0.3, 0.4) is 0 Å². The van der Waals surface area contributed by atoms with Gasteiger partial charge in [-0.3, -0.25) is 4.79 Å². The number of carbonyl (C=O) groups is 1. The fourth-order valence-corrected chi connectivity index (χ4v) is 1.60. The molecule has 0 atom stereocenters. The zero-order valence-corrected chi connectivity index (χ0v) is 9.45. The van der Waals surface area contributed by atoms with Crippen LogP contribution in [-0.2, 0) is 0 Å². The monoisotopic (exact) mass is 207 g/mol. The summed E-state index contributed by atoms with van der Waals surface area (Å²) in [5, 5.41) is 9.65. The second-order valence-corrected chi connectivity index (χ2v) is 3.43. The van der Waals surface area contributed by atoms with Gasteiger partial charge in [0.05, 0.1) is 5.56 Å². The Kier molecular flexibility index (Phi) is 3.72. The number of anilines is 1. The summed E-state index contributed by atoms with van der Waals surface area (Å²) in [6.45, 7) is 7.33. The van der Waals surface area contributed by atoms with Gasteiger partial charge in [0.1, 0.15) is 5.75 Å². The summed E-state index contributed by atoms with van der Waals surface area (Å²) in [6, 6.07) is 5.18. The molecule has 0 amide bonds. The summed E-state index contributed by atoms with van der Waals surface area (Å²) < 4.78 is 0. The Morgan fingerprint density at radius 3 is 2.33 bits per heavy atom. The van der Waals surface area contributed by atoms with Crippen molar-refractivity contribution in [1.29, 1.82) is 0 Å². The third-order valence-electron chi connectivity index (χ3n) is 2.49. The van der Waals surface area contributed by atoms with E-state index in [9.17, 15) is 9.90 Å². The highest BCUT2D eigenvalue weighted by molar-refractivity contribution is 5.97. The maximum absolute atomic E-state index is 11.1. The minimum absolute atomic E-state index is 0.0619. The van der Waals surface area contributed by atoms with E-state index in [1.54, 1.807) is 12.1 Å². The van der Waals surface area contributed by atoms with Crippen LogP contribution < -0.4 is 4.90 Å². The first-order chi connectivity index (χ1) is 7.10. The average molecular weight is 207 g/mol. The highest BCUT2D eigenvalue weighted by Gasteiger charge is 2.09. The van der Waals surface area contributed by atoms with Gasteiger partial charge in [0, 0.05) is 24.8 Å². The quantitative estimate of drug-likeness (QED) is 0.771. The number of ketones is 1. The number of phenols is 1. The minimum atomic E-state index is -0.112. The minimum Gasteiger partial charge on any atom is -0.507 e. The molecule has 3 nitrogen and oxygen atoms in total. The Morgan fingerprint density at radius 1 is 1.33 bits per heavy atom. The molecule has 1 aromatic rings. The summed E-state index contributed by atoms with van der Waals surface area (Å²) >= 11 is 0. The average Bonchev–Trinajstić information content (AvgIpc) is 2.19. The number of hydrogen-bond donors (Lipinski definition) is 1. The largest absolute Gasteiger partial charge is 0.507 e. The second kappa shape index (κ2) is 4.82. The van der Waals surface area contributed by atoms with E-state index >= 15 is 0 Å². The van der Waals surface area contributed by atoms with Crippen LogP contribution in [0.2, 0.25) is 0 Å². The zero-order valence-electron chi connectivity index (χ0n) is 9.45. The van der Waals surface area contributed by atoms with Crippen LogP contribution >= 0.6 is 0 Å². The van der Waals surface area contributed by atoms with E-state index in [0.717, 1.165) is 18.8 Å². The van der Waals surface area contributed by atoms with Crippen molar-refractivity contribution in [3.63, 3.8) is 0 Å². The van der Waals surface area contributed by atoms with Crippen molar-refractivity contribution in [3.8, 4) is 5.75 Å². The Hall–Kier alpha value is -1.51. The Labute approximate surface area is 90.3 Å². The van der Waals surface area contributed by atoms with Gasteiger partial charge in [-0.15, -0.1) is 0 Å². The number of phenolic OH excluding ortho intramolecular Hbond substituents is 1. The highest BCUT2D eigenvalue weighted by atomic mass is 16.3. The van der Waals surface area contributed by atoms with Crippen molar-refractivity contribution >= 4 is 11.5 Å². The fourth-order valence-electron chi connectivity index (χ4n) is 1.60. The number of hydrogen-bond acceptors (Lipinski definition) is 3. The maximum atomic E-state index is 11.1. The number of rotatable bonds is 4. The molecule has 0 aliphatic heterocycles. The summed E-state index contributed by atoms with van der Waals surface area (Å²) in [5.74, 6) is -0.0505. The topological polar surface area (TPSA) is 40.5 Å². The van der Waals surface area contributed by atoms with Crippen molar-refractivity contribution in [3.05, 3.63) is 23.8 Å². The van der Waals surface area contributed by atoms with Crippen LogP contribution in [0.1, 0.15) is 31.1 Å². The third kappa shape index (κ3) is 2.49. The van der Waals surface area contributed by atoms with Gasteiger partial charge in [-0.05, 0) is 32.9 Å². The Morgan fingerprint density at radius 2 is 1.93 bits per heavy atom. The van der Waals surface area contributed by atoms with Crippen molar-refractivity contribution in [1.82, 2.24) is 0 Å². The van der Waals surface area contributed by atoms with Gasteiger partial charge < -0.3 is 10.0 Å². The lowest BCUT2D eigenvalue weighted by atomic mass is 10.1. The smallest absolute Gasteiger partial charge is 0.163 e. The highest BCUT2D eigenvalue weighted by Crippen LogP contribution is 2.24. The fraction of sp³-hybridized carbons (Fsp3) is 0.417. The first-order valence-electron chi connectivity index (χ1n) is 5.19. The van der Waals surface area contributed by atoms with Gasteiger partial charge in [0.2, 0.25) is 0 Å². The van der Waals surface area contributed by atoms with Gasteiger partial charge >= 0.3 is 0 Å². The van der Waals surface area contributed by atoms with Gasteiger partial charge in [0.15, 0.2) is 5.78 Å². The van der Waals surface area contributed by atoms with E-state index in [4.69, 9.17) is 0 Å². The number of Topliss-reactive ketones (excluding diaryl/α,β-unsaturated/α-hetero) is 1. The van der Waals surface area contributed by atoms with Gasteiger partial charge in [-0.2, -0.15) is 0 Å². The Balaban J connectivity index is 3.05. The Bertz CT molecular complexity index is 357. The lowest BCUT2D eigenvalue weighted by Gasteiger charge is -2.21. The molecule has 3 heteroatoms. The van der Waals surface area contributed by atoms with Crippen molar-refractivity contribution in [2.24, 2.45) is 0 Å². The van der Waals surface area contributed by atoms with E-state index in [1.807, 2.05) is 6.07 Å². The zero-order chi connectivity index (χ0) is 11.4. The van der Waals surface area contributed by atoms with Gasteiger partial charge in [-0.1, -0.05) is 0 Å². The van der Waals surface area contributed by atoms with E-state index in [1.165, 1.54) is 6.92 Å². The molecule has 0 unspecified atom stereocenters. The molecule has 0 bridgehead atoms. The van der Waals surface area contributed by atoms with Crippen LogP contribution in [0.5, 0.6) is 5.75 Å². The third-order valence-corrected chi connectivity index (χ3v) is 2.49. The number of carbonyl (C=O) groups excluding carboxylic acids is 1. The van der Waals surface area contributed by atoms with E-state index < -0.39 is 0 Å². The summed E-state index contributed by atoms with van der Waals surface area (Å²) in [6.07, 6.45) is 0. The molecule has 1 aromatic carbocycles. The van der Waals surface area contributed by atoms with Crippen LogP contribution in [0.15, 0.2) is 18.2 Å². The predicted octanol–water partition coefficient (Wildman–Crippen LogP) is 2.44. The molecule has 0 aliphatic carbocycles. The van der Waals surface area contributed by atoms with Crippen molar-refractivity contribution < 1.29 is 9.90 Å². The first-order valence-corrected chi connectivity index (χ1v) is 5.19. The summed E-state index contributed by atoms with van der Waals surface area (Å²) in [7, 11) is 0. The molecule has 1 N–H and O–H groups in total. The normalized spacial score (nSPS) is 10.1. The first kappa shape index (κ1) is 11.6. The lowest BCUT2D eigenvalue weighted by Crippen LogP contribution is -2.21.